The van der Waals surface area contributed by atoms with Crippen LogP contribution in [-0.2, 0) is 11.3 Å². The van der Waals surface area contributed by atoms with E-state index in [2.05, 4.69) is 4.99 Å². The van der Waals surface area contributed by atoms with Crippen LogP contribution in [0.5, 0.6) is 5.75 Å². The van der Waals surface area contributed by atoms with Gasteiger partial charge in [0.1, 0.15) is 17.9 Å². The maximum absolute atomic E-state index is 12.3. The maximum atomic E-state index is 12.3. The summed E-state index contributed by atoms with van der Waals surface area (Å²) in [5.41, 5.74) is 1.18. The van der Waals surface area contributed by atoms with E-state index < -0.39 is 5.97 Å². The average Bonchev–Trinajstić information content (AvgIpc) is 2.64. The number of carbonyl (C=O) groups excluding carboxylic acids is 2. The first-order chi connectivity index (χ1) is 12.3. The van der Waals surface area contributed by atoms with Crippen molar-refractivity contribution in [2.75, 3.05) is 7.11 Å². The van der Waals surface area contributed by atoms with Gasteiger partial charge < -0.3 is 9.47 Å². The molecule has 0 unspecified atom stereocenters. The second-order valence-electron chi connectivity index (χ2n) is 6.77. The Labute approximate surface area is 153 Å². The molecule has 0 bridgehead atoms. The summed E-state index contributed by atoms with van der Waals surface area (Å²) in [6, 6.07) is 14.3. The number of benzene rings is 2. The molecule has 136 valence electrons. The Bertz CT molecular complexity index is 805. The van der Waals surface area contributed by atoms with E-state index in [1.54, 1.807) is 12.1 Å². The molecule has 0 aliphatic carbocycles. The first-order valence-corrected chi connectivity index (χ1v) is 8.29. The zero-order valence-corrected chi connectivity index (χ0v) is 15.5. The van der Waals surface area contributed by atoms with Gasteiger partial charge in [0.15, 0.2) is 0 Å². The predicted octanol–water partition coefficient (Wildman–Crippen LogP) is 4.10. The number of hydrogen-bond donors (Lipinski definition) is 0. The molecule has 2 aromatic carbocycles. The van der Waals surface area contributed by atoms with Crippen LogP contribution < -0.4 is 4.74 Å². The zero-order chi connectivity index (χ0) is 19.2. The normalized spacial score (nSPS) is 11.4. The third-order valence-electron chi connectivity index (χ3n) is 3.48. The second-order valence-corrected chi connectivity index (χ2v) is 6.77. The number of esters is 1. The number of carbonyl (C=O) groups is 2. The predicted molar refractivity (Wildman–Crippen MR) is 101 cm³/mol. The number of aliphatic imine (C=N–C) groups is 1. The Balaban J connectivity index is 2.25. The fourth-order valence-electron chi connectivity index (χ4n) is 2.14. The molecule has 0 N–H and O–H groups in total. The lowest BCUT2D eigenvalue weighted by Crippen LogP contribution is -2.13. The smallest absolute Gasteiger partial charge is 0.341 e. The van der Waals surface area contributed by atoms with Gasteiger partial charge in [0.2, 0.25) is 5.78 Å². The van der Waals surface area contributed by atoms with Crippen LogP contribution in [0.15, 0.2) is 53.5 Å². The van der Waals surface area contributed by atoms with Crippen molar-refractivity contribution in [3.05, 3.63) is 65.2 Å². The van der Waals surface area contributed by atoms with Gasteiger partial charge in [-0.25, -0.2) is 4.79 Å². The largest absolute Gasteiger partial charge is 0.488 e. The first kappa shape index (κ1) is 19.4. The van der Waals surface area contributed by atoms with Gasteiger partial charge in [0.25, 0.3) is 0 Å². The number of Topliss-reactive ketones (excluding diaryl/α,β-unsaturated/α-hetero) is 1. The SMILES string of the molecule is COC(=O)c1cc(C(=O)C=NC(C)(C)C)ccc1OCc1ccccc1. The minimum absolute atomic E-state index is 0.207. The van der Waals surface area contributed by atoms with E-state index in [9.17, 15) is 9.59 Å². The second kappa shape index (κ2) is 8.43. The van der Waals surface area contributed by atoms with Gasteiger partial charge in [-0.2, -0.15) is 0 Å². The lowest BCUT2D eigenvalue weighted by atomic mass is 10.1. The van der Waals surface area contributed by atoms with E-state index in [1.165, 1.54) is 19.4 Å². The molecular formula is C21H23NO4. The van der Waals surface area contributed by atoms with Crippen LogP contribution in [0.1, 0.15) is 47.1 Å². The van der Waals surface area contributed by atoms with E-state index in [4.69, 9.17) is 9.47 Å². The molecule has 26 heavy (non-hydrogen) atoms. The van der Waals surface area contributed by atoms with Crippen LogP contribution in [0.25, 0.3) is 0 Å². The molecule has 2 rings (SSSR count). The van der Waals surface area contributed by atoms with Crippen molar-refractivity contribution in [2.24, 2.45) is 4.99 Å². The number of methoxy groups -OCH3 is 1. The van der Waals surface area contributed by atoms with Crippen LogP contribution in [0.3, 0.4) is 0 Å². The standard InChI is InChI=1S/C21H23NO4/c1-21(2,3)22-13-18(23)16-10-11-19(17(12-16)20(24)25-4)26-14-15-8-6-5-7-9-15/h5-13H,14H2,1-4H3. The Hall–Kier alpha value is -2.95. The Morgan fingerprint density at radius 3 is 2.38 bits per heavy atom. The molecule has 0 fully saturated rings. The topological polar surface area (TPSA) is 65.0 Å². The molecule has 0 atom stereocenters. The van der Waals surface area contributed by atoms with Crippen molar-refractivity contribution < 1.29 is 19.1 Å². The summed E-state index contributed by atoms with van der Waals surface area (Å²) < 4.78 is 10.6. The molecule has 0 saturated carbocycles. The molecular weight excluding hydrogens is 330 g/mol. The summed E-state index contributed by atoms with van der Waals surface area (Å²) in [7, 11) is 1.29. The fourth-order valence-corrected chi connectivity index (χ4v) is 2.14. The van der Waals surface area contributed by atoms with Gasteiger partial charge in [-0.15, -0.1) is 0 Å². The van der Waals surface area contributed by atoms with Crippen LogP contribution in [0.2, 0.25) is 0 Å². The van der Waals surface area contributed by atoms with E-state index in [0.717, 1.165) is 5.56 Å². The first-order valence-electron chi connectivity index (χ1n) is 8.29. The molecule has 5 nitrogen and oxygen atoms in total. The highest BCUT2D eigenvalue weighted by atomic mass is 16.5. The fraction of sp³-hybridized carbons (Fsp3) is 0.286. The summed E-state index contributed by atoms with van der Waals surface area (Å²) in [6.07, 6.45) is 1.28. The number of rotatable bonds is 6. The van der Waals surface area contributed by atoms with Crippen molar-refractivity contribution in [2.45, 2.75) is 32.9 Å². The third kappa shape index (κ3) is 5.55. The number of nitrogens with zero attached hydrogens (tertiary/aromatic N) is 1. The number of ether oxygens (including phenoxy) is 2. The molecule has 0 aromatic heterocycles. The van der Waals surface area contributed by atoms with E-state index >= 15 is 0 Å². The monoisotopic (exact) mass is 353 g/mol. The zero-order valence-electron chi connectivity index (χ0n) is 15.5. The summed E-state index contributed by atoms with van der Waals surface area (Å²) >= 11 is 0. The van der Waals surface area contributed by atoms with Crippen LogP contribution in [0, 0.1) is 0 Å². The Morgan fingerprint density at radius 1 is 1.08 bits per heavy atom. The summed E-state index contributed by atoms with van der Waals surface area (Å²) in [5.74, 6) is -0.472. The lowest BCUT2D eigenvalue weighted by Gasteiger charge is -2.12. The molecule has 0 spiro atoms. The summed E-state index contributed by atoms with van der Waals surface area (Å²) in [4.78, 5) is 28.6. The molecule has 0 aliphatic heterocycles. The van der Waals surface area contributed by atoms with Crippen molar-refractivity contribution in [3.8, 4) is 5.75 Å². The number of ketones is 1. The Morgan fingerprint density at radius 2 is 1.77 bits per heavy atom. The van der Waals surface area contributed by atoms with Crippen molar-refractivity contribution in [1.82, 2.24) is 0 Å². The van der Waals surface area contributed by atoms with E-state index in [1.807, 2.05) is 51.1 Å². The van der Waals surface area contributed by atoms with Crippen LogP contribution in [-0.4, -0.2) is 30.6 Å². The van der Waals surface area contributed by atoms with Gasteiger partial charge in [-0.05, 0) is 44.5 Å². The quantitative estimate of drug-likeness (QED) is 0.445. The van der Waals surface area contributed by atoms with Gasteiger partial charge in [0.05, 0.1) is 18.9 Å². The van der Waals surface area contributed by atoms with Gasteiger partial charge in [0, 0.05) is 5.56 Å². The maximum Gasteiger partial charge on any atom is 0.341 e. The third-order valence-corrected chi connectivity index (χ3v) is 3.48. The Kier molecular flexibility index (Phi) is 6.28. The van der Waals surface area contributed by atoms with Gasteiger partial charge in [-0.1, -0.05) is 30.3 Å². The van der Waals surface area contributed by atoms with Crippen molar-refractivity contribution >= 4 is 18.0 Å². The molecule has 0 heterocycles. The van der Waals surface area contributed by atoms with Crippen molar-refractivity contribution in [3.63, 3.8) is 0 Å². The lowest BCUT2D eigenvalue weighted by molar-refractivity contribution is 0.0595. The molecule has 0 saturated heterocycles. The minimum atomic E-state index is -0.560. The average molecular weight is 353 g/mol. The molecule has 0 amide bonds. The van der Waals surface area contributed by atoms with Crippen LogP contribution in [0.4, 0.5) is 0 Å². The molecule has 0 radical (unpaired) electrons. The van der Waals surface area contributed by atoms with Crippen LogP contribution >= 0.6 is 0 Å². The highest BCUT2D eigenvalue weighted by Gasteiger charge is 2.17. The minimum Gasteiger partial charge on any atom is -0.488 e. The highest BCUT2D eigenvalue weighted by molar-refractivity contribution is 6.35. The highest BCUT2D eigenvalue weighted by Crippen LogP contribution is 2.23. The van der Waals surface area contributed by atoms with E-state index in [0.29, 0.717) is 17.9 Å². The van der Waals surface area contributed by atoms with Crippen molar-refractivity contribution in [1.29, 1.82) is 0 Å². The molecule has 0 aliphatic rings. The molecule has 2 aromatic rings. The van der Waals surface area contributed by atoms with E-state index in [-0.39, 0.29) is 16.9 Å². The summed E-state index contributed by atoms with van der Waals surface area (Å²) in [5, 5.41) is 0. The molecule has 5 heteroatoms. The summed E-state index contributed by atoms with van der Waals surface area (Å²) in [6.45, 7) is 6.01. The van der Waals surface area contributed by atoms with Gasteiger partial charge >= 0.3 is 5.97 Å². The van der Waals surface area contributed by atoms with Gasteiger partial charge in [-0.3, -0.25) is 9.79 Å². The number of hydrogen-bond acceptors (Lipinski definition) is 5.